The molecule has 0 aromatic carbocycles. The molecule has 0 unspecified atom stereocenters. The third-order valence-electron chi connectivity index (χ3n) is 2.81. The van der Waals surface area contributed by atoms with Gasteiger partial charge in [0, 0.05) is 31.6 Å². The highest BCUT2D eigenvalue weighted by atomic mass is 16.4. The van der Waals surface area contributed by atoms with Gasteiger partial charge in [-0.1, -0.05) is 5.21 Å². The number of carboxylic acid groups (broad SMARTS) is 1. The van der Waals surface area contributed by atoms with Crippen molar-refractivity contribution in [3.63, 3.8) is 0 Å². The van der Waals surface area contributed by atoms with Gasteiger partial charge in [0.2, 0.25) is 0 Å². The van der Waals surface area contributed by atoms with Crippen LogP contribution in [0.15, 0.2) is 24.9 Å². The van der Waals surface area contributed by atoms with Crippen molar-refractivity contribution in [1.82, 2.24) is 24.5 Å². The fourth-order valence-electron chi connectivity index (χ4n) is 1.78. The zero-order chi connectivity index (χ0) is 13.5. The summed E-state index contributed by atoms with van der Waals surface area (Å²) in [6, 6.07) is 0. The Kier molecular flexibility index (Phi) is 4.66. The Morgan fingerprint density at radius 2 is 2.21 bits per heavy atom. The summed E-state index contributed by atoms with van der Waals surface area (Å²) in [5, 5.41) is 16.7. The molecule has 0 saturated carbocycles. The first-order chi connectivity index (χ1) is 9.24. The average molecular weight is 263 g/mol. The van der Waals surface area contributed by atoms with E-state index in [1.54, 1.807) is 17.2 Å². The van der Waals surface area contributed by atoms with E-state index in [1.807, 2.05) is 17.0 Å². The molecule has 0 fully saturated rings. The molecule has 0 amide bonds. The van der Waals surface area contributed by atoms with Crippen LogP contribution in [0.1, 0.15) is 25.0 Å². The van der Waals surface area contributed by atoms with E-state index in [2.05, 4.69) is 15.3 Å². The normalized spacial score (nSPS) is 10.7. The van der Waals surface area contributed by atoms with Gasteiger partial charge in [0.05, 0.1) is 18.6 Å². The molecule has 0 aliphatic carbocycles. The molecule has 1 N–H and O–H groups in total. The molecule has 2 aromatic heterocycles. The maximum absolute atomic E-state index is 10.4. The summed E-state index contributed by atoms with van der Waals surface area (Å²) in [4.78, 5) is 14.3. The summed E-state index contributed by atoms with van der Waals surface area (Å²) >= 11 is 0. The van der Waals surface area contributed by atoms with E-state index in [0.717, 1.165) is 31.6 Å². The molecular weight excluding hydrogens is 246 g/mol. The first-order valence-corrected chi connectivity index (χ1v) is 6.30. The molecule has 0 spiro atoms. The number of nitrogens with zero attached hydrogens (tertiary/aromatic N) is 5. The number of carbonyl (C=O) groups is 1. The summed E-state index contributed by atoms with van der Waals surface area (Å²) in [5.41, 5.74) is 0.913. The standard InChI is InChI=1S/C12H17N5O2/c18-12(19)4-2-1-3-11-9-17(15-14-11)8-7-16-6-5-13-10-16/h5-6,9-10H,1-4,7-8H2,(H,18,19). The summed E-state index contributed by atoms with van der Waals surface area (Å²) in [5.74, 6) is -0.746. The molecule has 7 nitrogen and oxygen atoms in total. The Morgan fingerprint density at radius 3 is 2.95 bits per heavy atom. The summed E-state index contributed by atoms with van der Waals surface area (Å²) in [7, 11) is 0. The fourth-order valence-corrected chi connectivity index (χ4v) is 1.78. The van der Waals surface area contributed by atoms with Crippen molar-refractivity contribution in [3.05, 3.63) is 30.6 Å². The molecule has 2 rings (SSSR count). The van der Waals surface area contributed by atoms with Crippen LogP contribution in [0.3, 0.4) is 0 Å². The fraction of sp³-hybridized carbons (Fsp3) is 0.500. The third kappa shape index (κ3) is 4.53. The minimum Gasteiger partial charge on any atom is -0.481 e. The quantitative estimate of drug-likeness (QED) is 0.717. The largest absolute Gasteiger partial charge is 0.481 e. The molecule has 0 radical (unpaired) electrons. The molecular formula is C12H17N5O2. The smallest absolute Gasteiger partial charge is 0.303 e. The van der Waals surface area contributed by atoms with Gasteiger partial charge < -0.3 is 9.67 Å². The van der Waals surface area contributed by atoms with Crippen molar-refractivity contribution in [2.75, 3.05) is 0 Å². The van der Waals surface area contributed by atoms with Crippen molar-refractivity contribution in [2.24, 2.45) is 0 Å². The Morgan fingerprint density at radius 1 is 1.32 bits per heavy atom. The summed E-state index contributed by atoms with van der Waals surface area (Å²) in [6.07, 6.45) is 9.83. The predicted molar refractivity (Wildman–Crippen MR) is 67.4 cm³/mol. The number of rotatable bonds is 8. The highest BCUT2D eigenvalue weighted by Gasteiger charge is 2.02. The molecule has 102 valence electrons. The first-order valence-electron chi connectivity index (χ1n) is 6.30. The van der Waals surface area contributed by atoms with E-state index in [9.17, 15) is 4.79 Å². The van der Waals surface area contributed by atoms with E-state index in [0.29, 0.717) is 6.42 Å². The van der Waals surface area contributed by atoms with E-state index in [-0.39, 0.29) is 6.42 Å². The van der Waals surface area contributed by atoms with Crippen molar-refractivity contribution in [1.29, 1.82) is 0 Å². The lowest BCUT2D eigenvalue weighted by Crippen LogP contribution is -2.06. The molecule has 0 aliphatic heterocycles. The Labute approximate surface area is 110 Å². The van der Waals surface area contributed by atoms with Gasteiger partial charge in [0.1, 0.15) is 0 Å². The highest BCUT2D eigenvalue weighted by Crippen LogP contribution is 2.03. The minimum atomic E-state index is -0.746. The van der Waals surface area contributed by atoms with E-state index >= 15 is 0 Å². The number of carboxylic acids is 1. The lowest BCUT2D eigenvalue weighted by molar-refractivity contribution is -0.137. The SMILES string of the molecule is O=C(O)CCCCc1cn(CCn2ccnc2)nn1. The van der Waals surface area contributed by atoms with Crippen LogP contribution in [0, 0.1) is 0 Å². The molecule has 0 saturated heterocycles. The molecule has 0 aliphatic rings. The maximum Gasteiger partial charge on any atom is 0.303 e. The number of aliphatic carboxylic acids is 1. The van der Waals surface area contributed by atoms with Crippen molar-refractivity contribution in [3.8, 4) is 0 Å². The van der Waals surface area contributed by atoms with Gasteiger partial charge in [-0.3, -0.25) is 9.48 Å². The minimum absolute atomic E-state index is 0.217. The average Bonchev–Trinajstić information content (AvgIpc) is 3.03. The van der Waals surface area contributed by atoms with Crippen molar-refractivity contribution in [2.45, 2.75) is 38.8 Å². The van der Waals surface area contributed by atoms with Gasteiger partial charge >= 0.3 is 5.97 Å². The molecule has 2 heterocycles. The second-order valence-electron chi connectivity index (χ2n) is 4.37. The van der Waals surface area contributed by atoms with Crippen LogP contribution < -0.4 is 0 Å². The van der Waals surface area contributed by atoms with Crippen LogP contribution in [0.25, 0.3) is 0 Å². The van der Waals surface area contributed by atoms with Crippen molar-refractivity contribution >= 4 is 5.97 Å². The van der Waals surface area contributed by atoms with Crippen LogP contribution >= 0.6 is 0 Å². The summed E-state index contributed by atoms with van der Waals surface area (Å²) < 4.78 is 3.78. The van der Waals surface area contributed by atoms with Crippen LogP contribution in [0.2, 0.25) is 0 Å². The lowest BCUT2D eigenvalue weighted by Gasteiger charge is -2.00. The van der Waals surface area contributed by atoms with E-state index < -0.39 is 5.97 Å². The van der Waals surface area contributed by atoms with Crippen LogP contribution in [0.4, 0.5) is 0 Å². The Hall–Kier alpha value is -2.18. The van der Waals surface area contributed by atoms with Crippen LogP contribution in [-0.4, -0.2) is 35.6 Å². The van der Waals surface area contributed by atoms with Crippen LogP contribution in [-0.2, 0) is 24.3 Å². The van der Waals surface area contributed by atoms with Gasteiger partial charge in [0.25, 0.3) is 0 Å². The predicted octanol–water partition coefficient (Wildman–Crippen LogP) is 0.972. The van der Waals surface area contributed by atoms with Gasteiger partial charge in [0.15, 0.2) is 0 Å². The third-order valence-corrected chi connectivity index (χ3v) is 2.81. The zero-order valence-electron chi connectivity index (χ0n) is 10.6. The van der Waals surface area contributed by atoms with Gasteiger partial charge in [-0.25, -0.2) is 4.98 Å². The maximum atomic E-state index is 10.4. The zero-order valence-corrected chi connectivity index (χ0v) is 10.6. The van der Waals surface area contributed by atoms with Gasteiger partial charge in [-0.05, 0) is 19.3 Å². The van der Waals surface area contributed by atoms with Gasteiger partial charge in [-0.2, -0.15) is 0 Å². The summed E-state index contributed by atoms with van der Waals surface area (Å²) in [6.45, 7) is 1.56. The second kappa shape index (κ2) is 6.67. The van der Waals surface area contributed by atoms with Crippen LogP contribution in [0.5, 0.6) is 0 Å². The second-order valence-corrected chi connectivity index (χ2v) is 4.37. The number of hydrogen-bond donors (Lipinski definition) is 1. The first kappa shape index (κ1) is 13.3. The number of unbranched alkanes of at least 4 members (excludes halogenated alkanes) is 1. The molecule has 7 heteroatoms. The molecule has 0 atom stereocenters. The Bertz CT molecular complexity index is 506. The van der Waals surface area contributed by atoms with E-state index in [1.165, 1.54) is 0 Å². The Balaban J connectivity index is 1.71. The monoisotopic (exact) mass is 263 g/mol. The van der Waals surface area contributed by atoms with Crippen molar-refractivity contribution < 1.29 is 9.90 Å². The number of aryl methyl sites for hydroxylation is 3. The number of aromatic nitrogens is 5. The molecule has 0 bridgehead atoms. The molecule has 2 aromatic rings. The molecule has 19 heavy (non-hydrogen) atoms. The lowest BCUT2D eigenvalue weighted by atomic mass is 10.1. The number of hydrogen-bond acceptors (Lipinski definition) is 4. The number of imidazole rings is 1. The highest BCUT2D eigenvalue weighted by molar-refractivity contribution is 5.66. The van der Waals surface area contributed by atoms with Gasteiger partial charge in [-0.15, -0.1) is 5.10 Å². The van der Waals surface area contributed by atoms with E-state index in [4.69, 9.17) is 5.11 Å². The topological polar surface area (TPSA) is 85.8 Å².